The lowest BCUT2D eigenvalue weighted by molar-refractivity contribution is 0.123. The summed E-state index contributed by atoms with van der Waals surface area (Å²) in [6, 6.07) is 0. The van der Waals surface area contributed by atoms with Gasteiger partial charge in [-0.25, -0.2) is 0 Å². The summed E-state index contributed by atoms with van der Waals surface area (Å²) < 4.78 is 5.24. The molecule has 0 aliphatic carbocycles. The summed E-state index contributed by atoms with van der Waals surface area (Å²) in [5, 5.41) is 1.59. The van der Waals surface area contributed by atoms with Gasteiger partial charge in [-0.2, -0.15) is 0 Å². The summed E-state index contributed by atoms with van der Waals surface area (Å²) in [6.07, 6.45) is 1.77. The van der Waals surface area contributed by atoms with Crippen molar-refractivity contribution in [2.24, 2.45) is 0 Å². The minimum Gasteiger partial charge on any atom is -0.378 e. The van der Waals surface area contributed by atoms with E-state index < -0.39 is 0 Å². The van der Waals surface area contributed by atoms with Gasteiger partial charge >= 0.3 is 5.13 Å². The van der Waals surface area contributed by atoms with E-state index in [-0.39, 0.29) is 0 Å². The first kappa shape index (κ1) is 8.48. The molecular formula is C8H9N3OS. The standard InChI is InChI=1S/C8H9N3OS/c1-9-8-10-6-7(13-8)11-2-4-12-5-3-11/h6H,2-5H2. The quantitative estimate of drug-likeness (QED) is 0.636. The molecule has 0 N–H and O–H groups in total. The topological polar surface area (TPSA) is 29.7 Å². The molecule has 0 saturated carbocycles. The molecule has 4 nitrogen and oxygen atoms in total. The van der Waals surface area contributed by atoms with E-state index in [1.54, 1.807) is 6.20 Å². The van der Waals surface area contributed by atoms with Crippen LogP contribution in [-0.4, -0.2) is 31.3 Å². The number of nitrogens with zero attached hydrogens (tertiary/aromatic N) is 3. The lowest BCUT2D eigenvalue weighted by Crippen LogP contribution is -2.35. The number of hydrogen-bond acceptors (Lipinski definition) is 4. The van der Waals surface area contributed by atoms with Gasteiger partial charge in [0, 0.05) is 13.1 Å². The van der Waals surface area contributed by atoms with E-state index >= 15 is 0 Å². The van der Waals surface area contributed by atoms with Gasteiger partial charge in [0.2, 0.25) is 0 Å². The van der Waals surface area contributed by atoms with Crippen LogP contribution >= 0.6 is 11.3 Å². The molecular weight excluding hydrogens is 186 g/mol. The number of aromatic nitrogens is 1. The van der Waals surface area contributed by atoms with Crippen LogP contribution in [0.2, 0.25) is 0 Å². The molecule has 0 spiro atoms. The van der Waals surface area contributed by atoms with Gasteiger partial charge < -0.3 is 14.5 Å². The number of anilines is 1. The summed E-state index contributed by atoms with van der Waals surface area (Å²) >= 11 is 1.44. The predicted molar refractivity (Wildman–Crippen MR) is 51.4 cm³/mol. The molecule has 1 aliphatic heterocycles. The fourth-order valence-electron chi connectivity index (χ4n) is 1.24. The van der Waals surface area contributed by atoms with Crippen molar-refractivity contribution in [2.45, 2.75) is 0 Å². The van der Waals surface area contributed by atoms with Crippen molar-refractivity contribution in [1.29, 1.82) is 0 Å². The summed E-state index contributed by atoms with van der Waals surface area (Å²) in [4.78, 5) is 9.48. The first-order valence-corrected chi connectivity index (χ1v) is 4.88. The van der Waals surface area contributed by atoms with Gasteiger partial charge in [0.1, 0.15) is 5.00 Å². The van der Waals surface area contributed by atoms with E-state index in [2.05, 4.69) is 14.7 Å². The maximum atomic E-state index is 6.80. The van der Waals surface area contributed by atoms with Gasteiger partial charge in [-0.05, 0) is 0 Å². The molecule has 1 aliphatic rings. The molecule has 2 rings (SSSR count). The molecule has 13 heavy (non-hydrogen) atoms. The van der Waals surface area contributed by atoms with Crippen LogP contribution in [0.25, 0.3) is 4.85 Å². The molecule has 0 aromatic carbocycles. The summed E-state index contributed by atoms with van der Waals surface area (Å²) in [6.45, 7) is 10.1. The smallest absolute Gasteiger partial charge is 0.331 e. The van der Waals surface area contributed by atoms with Gasteiger partial charge in [-0.15, -0.1) is 16.3 Å². The third-order valence-electron chi connectivity index (χ3n) is 1.90. The first-order chi connectivity index (χ1) is 6.40. The molecule has 0 atom stereocenters. The Labute approximate surface area is 80.6 Å². The molecule has 2 heterocycles. The lowest BCUT2D eigenvalue weighted by Gasteiger charge is -2.26. The average molecular weight is 195 g/mol. The Morgan fingerprint density at radius 3 is 2.92 bits per heavy atom. The summed E-state index contributed by atoms with van der Waals surface area (Å²) in [5.41, 5.74) is 0. The molecule has 5 heteroatoms. The van der Waals surface area contributed by atoms with Crippen LogP contribution in [0.5, 0.6) is 0 Å². The van der Waals surface area contributed by atoms with Crippen LogP contribution in [0.1, 0.15) is 0 Å². The Morgan fingerprint density at radius 2 is 2.31 bits per heavy atom. The number of thiazole rings is 1. The highest BCUT2D eigenvalue weighted by Crippen LogP contribution is 2.29. The lowest BCUT2D eigenvalue weighted by atomic mass is 10.4. The minimum absolute atomic E-state index is 0.515. The number of rotatable bonds is 1. The van der Waals surface area contributed by atoms with Gasteiger partial charge in [0.15, 0.2) is 6.20 Å². The second-order valence-corrected chi connectivity index (χ2v) is 3.68. The van der Waals surface area contributed by atoms with Gasteiger partial charge in [-0.3, -0.25) is 0 Å². The van der Waals surface area contributed by atoms with Crippen LogP contribution in [0.4, 0.5) is 10.1 Å². The zero-order valence-corrected chi connectivity index (χ0v) is 7.88. The van der Waals surface area contributed by atoms with Crippen molar-refractivity contribution in [3.8, 4) is 0 Å². The molecule has 1 fully saturated rings. The normalized spacial score (nSPS) is 17.0. The van der Waals surface area contributed by atoms with Crippen LogP contribution in [0.15, 0.2) is 6.20 Å². The Kier molecular flexibility index (Phi) is 2.43. The maximum absolute atomic E-state index is 6.80. The van der Waals surface area contributed by atoms with Crippen molar-refractivity contribution in [3.63, 3.8) is 0 Å². The van der Waals surface area contributed by atoms with E-state index in [1.807, 2.05) is 0 Å². The molecule has 0 bridgehead atoms. The number of hydrogen-bond donors (Lipinski definition) is 0. The maximum Gasteiger partial charge on any atom is 0.331 e. The predicted octanol–water partition coefficient (Wildman–Crippen LogP) is 1.53. The first-order valence-electron chi connectivity index (χ1n) is 4.06. The van der Waals surface area contributed by atoms with E-state index in [9.17, 15) is 0 Å². The van der Waals surface area contributed by atoms with E-state index in [4.69, 9.17) is 11.3 Å². The fourth-order valence-corrected chi connectivity index (χ4v) is 1.99. The Morgan fingerprint density at radius 1 is 1.54 bits per heavy atom. The van der Waals surface area contributed by atoms with E-state index in [0.717, 1.165) is 31.3 Å². The third kappa shape index (κ3) is 1.79. The zero-order valence-electron chi connectivity index (χ0n) is 7.06. The van der Waals surface area contributed by atoms with Crippen LogP contribution < -0.4 is 4.90 Å². The van der Waals surface area contributed by atoms with Gasteiger partial charge in [0.05, 0.1) is 13.2 Å². The molecule has 0 amide bonds. The van der Waals surface area contributed by atoms with Gasteiger partial charge in [0.25, 0.3) is 0 Å². The monoisotopic (exact) mass is 195 g/mol. The van der Waals surface area contributed by atoms with Gasteiger partial charge in [-0.1, -0.05) is 6.57 Å². The molecule has 0 unspecified atom stereocenters. The largest absolute Gasteiger partial charge is 0.378 e. The molecule has 0 radical (unpaired) electrons. The Bertz CT molecular complexity index is 324. The zero-order chi connectivity index (χ0) is 9.10. The van der Waals surface area contributed by atoms with Crippen molar-refractivity contribution in [3.05, 3.63) is 17.6 Å². The highest BCUT2D eigenvalue weighted by atomic mass is 32.1. The number of morpholine rings is 1. The van der Waals surface area contributed by atoms with Crippen LogP contribution in [-0.2, 0) is 4.74 Å². The van der Waals surface area contributed by atoms with Crippen molar-refractivity contribution < 1.29 is 4.74 Å². The van der Waals surface area contributed by atoms with E-state index in [1.165, 1.54) is 11.3 Å². The van der Waals surface area contributed by atoms with Crippen LogP contribution in [0, 0.1) is 6.57 Å². The Balaban J connectivity index is 2.11. The van der Waals surface area contributed by atoms with Crippen LogP contribution in [0.3, 0.4) is 0 Å². The van der Waals surface area contributed by atoms with Crippen molar-refractivity contribution in [2.75, 3.05) is 31.2 Å². The molecule has 1 aromatic rings. The number of ether oxygens (including phenoxy) is 1. The molecule has 1 saturated heterocycles. The Hall–Kier alpha value is -1.12. The van der Waals surface area contributed by atoms with Crippen molar-refractivity contribution in [1.82, 2.24) is 4.98 Å². The highest BCUT2D eigenvalue weighted by molar-refractivity contribution is 7.19. The van der Waals surface area contributed by atoms with Crippen molar-refractivity contribution >= 4 is 21.5 Å². The second-order valence-electron chi connectivity index (χ2n) is 2.69. The summed E-state index contributed by atoms with van der Waals surface area (Å²) in [7, 11) is 0. The van der Waals surface area contributed by atoms with E-state index in [0.29, 0.717) is 5.13 Å². The highest BCUT2D eigenvalue weighted by Gasteiger charge is 2.14. The SMILES string of the molecule is [C-]#[N+]c1ncc(N2CCOCC2)s1. The fraction of sp³-hybridized carbons (Fsp3) is 0.500. The third-order valence-corrected chi connectivity index (χ3v) is 2.85. The second kappa shape index (κ2) is 3.73. The minimum atomic E-state index is 0.515. The molecule has 68 valence electrons. The molecule has 1 aromatic heterocycles. The summed E-state index contributed by atoms with van der Waals surface area (Å²) in [5.74, 6) is 0. The average Bonchev–Trinajstić information content (AvgIpc) is 2.67.